The standard InChI is InChI=1S/C9H14N2O6/c10-5(1-7(12)13)8(14)11-6-3-17-2-4(6)9(15)16/h4-6H,1-3,10H2,(H,11,14)(H,12,13)(H,15,16). The van der Waals surface area contributed by atoms with Crippen LogP contribution in [0.2, 0.25) is 0 Å². The number of rotatable bonds is 5. The Morgan fingerprint density at radius 2 is 2.00 bits per heavy atom. The van der Waals surface area contributed by atoms with Crippen LogP contribution in [0.15, 0.2) is 0 Å². The number of carbonyl (C=O) groups is 3. The van der Waals surface area contributed by atoms with Crippen molar-refractivity contribution in [3.63, 3.8) is 0 Å². The van der Waals surface area contributed by atoms with E-state index in [4.69, 9.17) is 20.7 Å². The van der Waals surface area contributed by atoms with Crippen LogP contribution in [0, 0.1) is 5.92 Å². The maximum Gasteiger partial charge on any atom is 0.311 e. The van der Waals surface area contributed by atoms with Crippen molar-refractivity contribution in [2.24, 2.45) is 11.7 Å². The fourth-order valence-corrected chi connectivity index (χ4v) is 1.51. The third-order valence-corrected chi connectivity index (χ3v) is 2.46. The van der Waals surface area contributed by atoms with Gasteiger partial charge in [-0.1, -0.05) is 0 Å². The Morgan fingerprint density at radius 1 is 1.35 bits per heavy atom. The van der Waals surface area contributed by atoms with Crippen molar-refractivity contribution >= 4 is 17.8 Å². The van der Waals surface area contributed by atoms with E-state index in [2.05, 4.69) is 5.32 Å². The SMILES string of the molecule is NC(CC(=O)O)C(=O)NC1COCC1C(=O)O. The van der Waals surface area contributed by atoms with Crippen LogP contribution >= 0.6 is 0 Å². The minimum atomic E-state index is -1.19. The zero-order chi connectivity index (χ0) is 13.0. The fourth-order valence-electron chi connectivity index (χ4n) is 1.51. The number of hydrogen-bond donors (Lipinski definition) is 4. The van der Waals surface area contributed by atoms with E-state index in [-0.39, 0.29) is 13.2 Å². The molecule has 1 fully saturated rings. The van der Waals surface area contributed by atoms with Gasteiger partial charge in [0.15, 0.2) is 0 Å². The molecular formula is C9H14N2O6. The van der Waals surface area contributed by atoms with Crippen molar-refractivity contribution < 1.29 is 29.3 Å². The lowest BCUT2D eigenvalue weighted by Crippen LogP contribution is -2.49. The quantitative estimate of drug-likeness (QED) is 0.440. The molecule has 0 aromatic heterocycles. The van der Waals surface area contributed by atoms with Crippen LogP contribution in [-0.4, -0.2) is 53.4 Å². The van der Waals surface area contributed by atoms with Crippen molar-refractivity contribution in [2.45, 2.75) is 18.5 Å². The summed E-state index contributed by atoms with van der Waals surface area (Å²) in [5.41, 5.74) is 5.34. The summed E-state index contributed by atoms with van der Waals surface area (Å²) in [4.78, 5) is 32.6. The largest absolute Gasteiger partial charge is 0.481 e. The molecule has 1 amide bonds. The third kappa shape index (κ3) is 3.68. The second kappa shape index (κ2) is 5.60. The summed E-state index contributed by atoms with van der Waals surface area (Å²) in [7, 11) is 0. The molecule has 0 saturated carbocycles. The molecule has 8 heteroatoms. The van der Waals surface area contributed by atoms with E-state index in [1.54, 1.807) is 0 Å². The molecular weight excluding hydrogens is 232 g/mol. The molecule has 3 atom stereocenters. The molecule has 8 nitrogen and oxygen atoms in total. The minimum absolute atomic E-state index is 0.0223. The Morgan fingerprint density at radius 3 is 2.53 bits per heavy atom. The van der Waals surface area contributed by atoms with E-state index in [0.29, 0.717) is 0 Å². The predicted molar refractivity (Wildman–Crippen MR) is 54.1 cm³/mol. The number of carbonyl (C=O) groups excluding carboxylic acids is 1. The van der Waals surface area contributed by atoms with Gasteiger partial charge in [0.2, 0.25) is 5.91 Å². The molecule has 1 heterocycles. The highest BCUT2D eigenvalue weighted by Gasteiger charge is 2.35. The Bertz CT molecular complexity index is 331. The van der Waals surface area contributed by atoms with Crippen LogP contribution < -0.4 is 11.1 Å². The van der Waals surface area contributed by atoms with Crippen molar-refractivity contribution in [1.29, 1.82) is 0 Å². The van der Waals surface area contributed by atoms with Gasteiger partial charge in [-0.25, -0.2) is 0 Å². The van der Waals surface area contributed by atoms with E-state index in [1.807, 2.05) is 0 Å². The second-order valence-corrected chi connectivity index (χ2v) is 3.80. The van der Waals surface area contributed by atoms with Crippen LogP contribution in [0.25, 0.3) is 0 Å². The molecule has 0 spiro atoms. The van der Waals surface area contributed by atoms with Crippen LogP contribution in [-0.2, 0) is 19.1 Å². The molecule has 1 rings (SSSR count). The summed E-state index contributed by atoms with van der Waals surface area (Å²) < 4.78 is 4.94. The predicted octanol–water partition coefficient (Wildman–Crippen LogP) is -2.00. The van der Waals surface area contributed by atoms with Crippen molar-refractivity contribution in [2.75, 3.05) is 13.2 Å². The maximum atomic E-state index is 11.5. The minimum Gasteiger partial charge on any atom is -0.481 e. The zero-order valence-corrected chi connectivity index (χ0v) is 8.96. The number of nitrogens with one attached hydrogen (secondary N) is 1. The first-order chi connectivity index (χ1) is 7.91. The summed E-state index contributed by atoms with van der Waals surface area (Å²) in [5.74, 6) is -3.77. The molecule has 3 unspecified atom stereocenters. The topological polar surface area (TPSA) is 139 Å². The molecule has 0 bridgehead atoms. The molecule has 96 valence electrons. The number of carboxylic acid groups (broad SMARTS) is 2. The van der Waals surface area contributed by atoms with Crippen LogP contribution in [0.5, 0.6) is 0 Å². The van der Waals surface area contributed by atoms with Gasteiger partial charge < -0.3 is 26.0 Å². The van der Waals surface area contributed by atoms with Crippen molar-refractivity contribution in [3.8, 4) is 0 Å². The van der Waals surface area contributed by atoms with Gasteiger partial charge in [0.05, 0.1) is 31.7 Å². The van der Waals surface area contributed by atoms with Gasteiger partial charge in [-0.05, 0) is 0 Å². The molecule has 0 aliphatic carbocycles. The second-order valence-electron chi connectivity index (χ2n) is 3.80. The first kappa shape index (κ1) is 13.4. The summed E-state index contributed by atoms with van der Waals surface area (Å²) in [6.07, 6.45) is -0.503. The number of carboxylic acids is 2. The summed E-state index contributed by atoms with van der Waals surface area (Å²) in [6.45, 7) is 0.108. The molecule has 1 aliphatic heterocycles. The molecule has 1 saturated heterocycles. The highest BCUT2D eigenvalue weighted by molar-refractivity contribution is 5.86. The Hall–Kier alpha value is -1.67. The average molecular weight is 246 g/mol. The Labute approximate surface area is 96.7 Å². The lowest BCUT2D eigenvalue weighted by molar-refractivity contribution is -0.143. The highest BCUT2D eigenvalue weighted by Crippen LogP contribution is 2.13. The highest BCUT2D eigenvalue weighted by atomic mass is 16.5. The van der Waals surface area contributed by atoms with Gasteiger partial charge in [0.1, 0.15) is 5.92 Å². The van der Waals surface area contributed by atoms with E-state index >= 15 is 0 Å². The maximum absolute atomic E-state index is 11.5. The lowest BCUT2D eigenvalue weighted by atomic mass is 10.0. The third-order valence-electron chi connectivity index (χ3n) is 2.46. The van der Waals surface area contributed by atoms with Crippen molar-refractivity contribution in [3.05, 3.63) is 0 Å². The smallest absolute Gasteiger partial charge is 0.311 e. The monoisotopic (exact) mass is 246 g/mol. The molecule has 0 radical (unpaired) electrons. The van der Waals surface area contributed by atoms with E-state index in [1.165, 1.54) is 0 Å². The lowest BCUT2D eigenvalue weighted by Gasteiger charge is -2.17. The van der Waals surface area contributed by atoms with E-state index < -0.39 is 42.3 Å². The van der Waals surface area contributed by atoms with E-state index in [9.17, 15) is 14.4 Å². The molecule has 0 aromatic rings. The van der Waals surface area contributed by atoms with Crippen LogP contribution in [0.4, 0.5) is 0 Å². The van der Waals surface area contributed by atoms with Gasteiger partial charge in [-0.15, -0.1) is 0 Å². The van der Waals surface area contributed by atoms with Crippen molar-refractivity contribution in [1.82, 2.24) is 5.32 Å². The summed E-state index contributed by atoms with van der Waals surface area (Å²) >= 11 is 0. The zero-order valence-electron chi connectivity index (χ0n) is 8.96. The van der Waals surface area contributed by atoms with Gasteiger partial charge in [-0.3, -0.25) is 14.4 Å². The summed E-state index contributed by atoms with van der Waals surface area (Å²) in [5, 5.41) is 19.7. The number of aliphatic carboxylic acids is 2. The molecule has 0 aromatic carbocycles. The van der Waals surface area contributed by atoms with E-state index in [0.717, 1.165) is 0 Å². The molecule has 1 aliphatic rings. The normalized spacial score (nSPS) is 25.2. The first-order valence-electron chi connectivity index (χ1n) is 5.00. The number of nitrogens with two attached hydrogens (primary N) is 1. The van der Waals surface area contributed by atoms with Gasteiger partial charge in [-0.2, -0.15) is 0 Å². The van der Waals surface area contributed by atoms with Crippen LogP contribution in [0.1, 0.15) is 6.42 Å². The number of ether oxygens (including phenoxy) is 1. The molecule has 17 heavy (non-hydrogen) atoms. The number of amides is 1. The van der Waals surface area contributed by atoms with Gasteiger partial charge in [0, 0.05) is 0 Å². The fraction of sp³-hybridized carbons (Fsp3) is 0.667. The Kier molecular flexibility index (Phi) is 4.41. The average Bonchev–Trinajstić information content (AvgIpc) is 2.64. The first-order valence-corrected chi connectivity index (χ1v) is 5.00. The Balaban J connectivity index is 2.50. The van der Waals surface area contributed by atoms with Gasteiger partial charge >= 0.3 is 11.9 Å². The van der Waals surface area contributed by atoms with Crippen LogP contribution in [0.3, 0.4) is 0 Å². The number of hydrogen-bond acceptors (Lipinski definition) is 5. The van der Waals surface area contributed by atoms with Gasteiger partial charge in [0.25, 0.3) is 0 Å². The summed E-state index contributed by atoms with van der Waals surface area (Å²) in [6, 6.07) is -1.86. The molecule has 5 N–H and O–H groups in total.